The Kier molecular flexibility index (Phi) is 4.98. The van der Waals surface area contributed by atoms with E-state index in [2.05, 4.69) is 15.3 Å². The third-order valence-electron chi connectivity index (χ3n) is 4.35. The van der Waals surface area contributed by atoms with Crippen LogP contribution in [-0.2, 0) is 16.1 Å². The number of rotatable bonds is 5. The standard InChI is InChI=1S/C17H22N4O3/c22-15(7-9-21-8-3-1-2-4-16(21)23)18-11-12-5-6-13-14(10-12)20-17(24)19-13/h5-6,10H,1-4,7-9,11H2,(H,18,22)(H2,19,20,24). The predicted octanol–water partition coefficient (Wildman–Crippen LogP) is 1.27. The number of hydrogen-bond donors (Lipinski definition) is 3. The summed E-state index contributed by atoms with van der Waals surface area (Å²) in [5.41, 5.74) is 2.14. The maximum atomic E-state index is 12.0. The molecule has 1 fully saturated rings. The number of hydrogen-bond acceptors (Lipinski definition) is 3. The Hall–Kier alpha value is -2.57. The predicted molar refractivity (Wildman–Crippen MR) is 90.4 cm³/mol. The molecule has 2 amide bonds. The van der Waals surface area contributed by atoms with Gasteiger partial charge in [0.25, 0.3) is 0 Å². The molecule has 0 unspecified atom stereocenters. The van der Waals surface area contributed by atoms with Crippen LogP contribution < -0.4 is 11.0 Å². The number of H-pyrrole nitrogens is 2. The number of carbonyl (C=O) groups excluding carboxylic acids is 2. The first-order valence-corrected chi connectivity index (χ1v) is 8.37. The lowest BCUT2D eigenvalue weighted by atomic mass is 10.2. The van der Waals surface area contributed by atoms with Crippen LogP contribution in [0, 0.1) is 0 Å². The molecule has 7 nitrogen and oxygen atoms in total. The minimum atomic E-state index is -0.242. The fourth-order valence-corrected chi connectivity index (χ4v) is 2.99. The molecule has 0 bridgehead atoms. The minimum absolute atomic E-state index is 0.0743. The lowest BCUT2D eigenvalue weighted by molar-refractivity contribution is -0.131. The van der Waals surface area contributed by atoms with Crippen molar-refractivity contribution < 1.29 is 9.59 Å². The van der Waals surface area contributed by atoms with E-state index in [0.717, 1.165) is 42.4 Å². The Morgan fingerprint density at radius 2 is 1.96 bits per heavy atom. The molecule has 3 rings (SSSR count). The van der Waals surface area contributed by atoms with Gasteiger partial charge in [-0.3, -0.25) is 9.59 Å². The van der Waals surface area contributed by atoms with E-state index >= 15 is 0 Å². The first-order chi connectivity index (χ1) is 11.6. The van der Waals surface area contributed by atoms with Crippen LogP contribution >= 0.6 is 0 Å². The molecule has 0 spiro atoms. The second-order valence-electron chi connectivity index (χ2n) is 6.18. The Labute approximate surface area is 139 Å². The number of imidazole rings is 1. The van der Waals surface area contributed by atoms with Gasteiger partial charge >= 0.3 is 5.69 Å². The second-order valence-corrected chi connectivity index (χ2v) is 6.18. The van der Waals surface area contributed by atoms with Gasteiger partial charge in [0.1, 0.15) is 0 Å². The van der Waals surface area contributed by atoms with E-state index < -0.39 is 0 Å². The Morgan fingerprint density at radius 3 is 2.83 bits per heavy atom. The number of likely N-dealkylation sites (tertiary alicyclic amines) is 1. The van der Waals surface area contributed by atoms with Crippen molar-refractivity contribution in [2.24, 2.45) is 0 Å². The Morgan fingerprint density at radius 1 is 1.12 bits per heavy atom. The molecule has 2 aromatic rings. The molecule has 0 saturated carbocycles. The van der Waals surface area contributed by atoms with Crippen LogP contribution in [0.15, 0.2) is 23.0 Å². The summed E-state index contributed by atoms with van der Waals surface area (Å²) in [7, 11) is 0. The van der Waals surface area contributed by atoms with E-state index in [9.17, 15) is 14.4 Å². The first kappa shape index (κ1) is 16.3. The fourth-order valence-electron chi connectivity index (χ4n) is 2.99. The second kappa shape index (κ2) is 7.33. The number of fused-ring (bicyclic) bond motifs is 1. The van der Waals surface area contributed by atoms with Crippen LogP contribution in [0.4, 0.5) is 0 Å². The smallest absolute Gasteiger partial charge is 0.323 e. The molecule has 1 saturated heterocycles. The molecular weight excluding hydrogens is 308 g/mol. The normalized spacial score (nSPS) is 15.5. The molecule has 1 aromatic carbocycles. The summed E-state index contributed by atoms with van der Waals surface area (Å²) in [5, 5.41) is 2.86. The van der Waals surface area contributed by atoms with Crippen molar-refractivity contribution in [3.05, 3.63) is 34.2 Å². The minimum Gasteiger partial charge on any atom is -0.352 e. The summed E-state index contributed by atoms with van der Waals surface area (Å²) in [6, 6.07) is 5.52. The number of nitrogens with zero attached hydrogens (tertiary/aromatic N) is 1. The van der Waals surface area contributed by atoms with E-state index in [1.807, 2.05) is 18.2 Å². The van der Waals surface area contributed by atoms with Gasteiger partial charge < -0.3 is 20.2 Å². The number of amides is 2. The summed E-state index contributed by atoms with van der Waals surface area (Å²) in [4.78, 5) is 42.3. The van der Waals surface area contributed by atoms with Crippen molar-refractivity contribution in [2.45, 2.75) is 38.6 Å². The van der Waals surface area contributed by atoms with E-state index in [4.69, 9.17) is 0 Å². The maximum Gasteiger partial charge on any atom is 0.323 e. The molecule has 1 aliphatic rings. The maximum absolute atomic E-state index is 12.0. The third-order valence-corrected chi connectivity index (χ3v) is 4.35. The Bertz CT molecular complexity index is 792. The summed E-state index contributed by atoms with van der Waals surface area (Å²) in [6.07, 6.45) is 3.96. The zero-order chi connectivity index (χ0) is 16.9. The summed E-state index contributed by atoms with van der Waals surface area (Å²) >= 11 is 0. The Balaban J connectivity index is 1.49. The highest BCUT2D eigenvalue weighted by atomic mass is 16.2. The number of aromatic amines is 2. The van der Waals surface area contributed by atoms with Crippen LogP contribution in [0.3, 0.4) is 0 Å². The molecule has 7 heteroatoms. The average molecular weight is 330 g/mol. The average Bonchev–Trinajstić information content (AvgIpc) is 2.81. The number of nitrogens with one attached hydrogen (secondary N) is 3. The van der Waals surface area contributed by atoms with Crippen LogP contribution in [-0.4, -0.2) is 39.8 Å². The van der Waals surface area contributed by atoms with Gasteiger partial charge in [-0.1, -0.05) is 12.5 Å². The van der Waals surface area contributed by atoms with E-state index in [1.165, 1.54) is 0 Å². The molecule has 0 radical (unpaired) electrons. The highest BCUT2D eigenvalue weighted by Gasteiger charge is 2.17. The largest absolute Gasteiger partial charge is 0.352 e. The number of carbonyl (C=O) groups is 2. The zero-order valence-corrected chi connectivity index (χ0v) is 13.6. The van der Waals surface area contributed by atoms with Gasteiger partial charge in [0, 0.05) is 32.5 Å². The highest BCUT2D eigenvalue weighted by Crippen LogP contribution is 2.12. The lowest BCUT2D eigenvalue weighted by Gasteiger charge is -2.20. The van der Waals surface area contributed by atoms with Gasteiger partial charge in [0.05, 0.1) is 11.0 Å². The van der Waals surface area contributed by atoms with Crippen molar-refractivity contribution in [3.8, 4) is 0 Å². The lowest BCUT2D eigenvalue weighted by Crippen LogP contribution is -2.34. The SMILES string of the molecule is O=C(CCN1CCCCCC1=O)NCc1ccc2[nH]c(=O)[nH]c2c1. The van der Waals surface area contributed by atoms with Crippen LogP contribution in [0.5, 0.6) is 0 Å². The monoisotopic (exact) mass is 330 g/mol. The summed E-state index contributed by atoms with van der Waals surface area (Å²) in [6.45, 7) is 1.63. The van der Waals surface area contributed by atoms with Crippen LogP contribution in [0.2, 0.25) is 0 Å². The summed E-state index contributed by atoms with van der Waals surface area (Å²) < 4.78 is 0. The molecular formula is C17H22N4O3. The van der Waals surface area contributed by atoms with Gasteiger partial charge in [0.15, 0.2) is 0 Å². The van der Waals surface area contributed by atoms with Crippen LogP contribution in [0.1, 0.15) is 37.7 Å². The van der Waals surface area contributed by atoms with E-state index in [-0.39, 0.29) is 17.5 Å². The van der Waals surface area contributed by atoms with Gasteiger partial charge in [-0.15, -0.1) is 0 Å². The van der Waals surface area contributed by atoms with Crippen molar-refractivity contribution in [2.75, 3.05) is 13.1 Å². The molecule has 1 aliphatic heterocycles. The fraction of sp³-hybridized carbons (Fsp3) is 0.471. The quantitative estimate of drug-likeness (QED) is 0.770. The molecule has 24 heavy (non-hydrogen) atoms. The van der Waals surface area contributed by atoms with Gasteiger partial charge in [-0.05, 0) is 30.5 Å². The van der Waals surface area contributed by atoms with Gasteiger partial charge in [-0.2, -0.15) is 0 Å². The van der Waals surface area contributed by atoms with Crippen molar-refractivity contribution in [3.63, 3.8) is 0 Å². The van der Waals surface area contributed by atoms with Crippen molar-refractivity contribution in [1.82, 2.24) is 20.2 Å². The third kappa shape index (κ3) is 4.04. The molecule has 2 heterocycles. The first-order valence-electron chi connectivity index (χ1n) is 8.37. The van der Waals surface area contributed by atoms with E-state index in [0.29, 0.717) is 25.9 Å². The van der Waals surface area contributed by atoms with E-state index in [1.54, 1.807) is 4.90 Å². The molecule has 0 aliphatic carbocycles. The molecule has 1 aromatic heterocycles. The van der Waals surface area contributed by atoms with Gasteiger partial charge in [-0.25, -0.2) is 4.79 Å². The van der Waals surface area contributed by atoms with Crippen molar-refractivity contribution >= 4 is 22.8 Å². The molecule has 3 N–H and O–H groups in total. The number of aromatic nitrogens is 2. The topological polar surface area (TPSA) is 98.1 Å². The molecule has 0 atom stereocenters. The zero-order valence-electron chi connectivity index (χ0n) is 13.6. The summed E-state index contributed by atoms with van der Waals surface area (Å²) in [5.74, 6) is 0.0804. The van der Waals surface area contributed by atoms with Crippen molar-refractivity contribution in [1.29, 1.82) is 0 Å². The number of benzene rings is 1. The van der Waals surface area contributed by atoms with Gasteiger partial charge in [0.2, 0.25) is 11.8 Å². The highest BCUT2D eigenvalue weighted by molar-refractivity contribution is 5.79. The van der Waals surface area contributed by atoms with Crippen LogP contribution in [0.25, 0.3) is 11.0 Å². The molecule has 128 valence electrons.